The van der Waals surface area contributed by atoms with Gasteiger partial charge in [-0.15, -0.1) is 0 Å². The molecule has 4 nitrogen and oxygen atoms in total. The van der Waals surface area contributed by atoms with E-state index in [2.05, 4.69) is 45.8 Å². The first-order valence-electron chi connectivity index (χ1n) is 11.0. The molecule has 1 saturated carbocycles. The largest absolute Gasteiger partial charge is 0.299 e. The van der Waals surface area contributed by atoms with Crippen molar-refractivity contribution in [3.63, 3.8) is 0 Å². The zero-order chi connectivity index (χ0) is 20.8. The molecule has 1 saturated heterocycles. The number of likely N-dealkylation sites (tertiary alicyclic amines) is 1. The Hall–Kier alpha value is -2.53. The van der Waals surface area contributed by atoms with Gasteiger partial charge in [0.1, 0.15) is 5.82 Å². The van der Waals surface area contributed by atoms with Crippen LogP contribution in [0.1, 0.15) is 55.6 Å². The summed E-state index contributed by atoms with van der Waals surface area (Å²) in [6.07, 6.45) is 5.66. The van der Waals surface area contributed by atoms with Crippen molar-refractivity contribution in [1.82, 2.24) is 10.3 Å². The van der Waals surface area contributed by atoms with Crippen molar-refractivity contribution in [2.75, 3.05) is 13.1 Å². The molecular weight excluding hydrogens is 377 g/mol. The van der Waals surface area contributed by atoms with Gasteiger partial charge >= 0.3 is 0 Å². The Bertz CT molecular complexity index is 865. The standard InChI is InChI=1S/C25H30FN3O/c26-24-9-5-4-8-22(24)18-29-16-14-21(15-17-29)25(30)28-27-23-12-10-20(11-13-23)19-6-2-1-3-7-19/h1-9,20-21H,10-18H2,(H,28,30). The minimum atomic E-state index is -0.157. The number of rotatable bonds is 5. The minimum absolute atomic E-state index is 0.00752. The molecule has 0 aromatic heterocycles. The highest BCUT2D eigenvalue weighted by molar-refractivity contribution is 5.87. The Labute approximate surface area is 178 Å². The molecule has 2 aromatic carbocycles. The highest BCUT2D eigenvalue weighted by Crippen LogP contribution is 2.31. The fourth-order valence-corrected chi connectivity index (χ4v) is 4.57. The van der Waals surface area contributed by atoms with Crippen LogP contribution in [-0.2, 0) is 11.3 Å². The SMILES string of the molecule is O=C(NN=C1CCC(c2ccccc2)CC1)C1CCN(Cc2ccccc2F)CC1. The molecule has 5 heteroatoms. The van der Waals surface area contributed by atoms with Gasteiger partial charge in [-0.05, 0) is 69.2 Å². The van der Waals surface area contributed by atoms with E-state index in [1.807, 2.05) is 12.1 Å². The number of carbonyl (C=O) groups excluding carboxylic acids is 1. The summed E-state index contributed by atoms with van der Waals surface area (Å²) < 4.78 is 13.8. The molecular formula is C25H30FN3O. The molecule has 1 amide bonds. The molecule has 158 valence electrons. The van der Waals surface area contributed by atoms with E-state index in [1.54, 1.807) is 6.07 Å². The number of nitrogens with one attached hydrogen (secondary N) is 1. The van der Waals surface area contributed by atoms with E-state index in [0.717, 1.165) is 62.9 Å². The number of carbonyl (C=O) groups is 1. The number of amides is 1. The molecule has 2 fully saturated rings. The van der Waals surface area contributed by atoms with Crippen LogP contribution < -0.4 is 5.43 Å². The van der Waals surface area contributed by atoms with Gasteiger partial charge in [0.05, 0.1) is 0 Å². The van der Waals surface area contributed by atoms with Crippen LogP contribution in [0.25, 0.3) is 0 Å². The summed E-state index contributed by atoms with van der Waals surface area (Å²) in [7, 11) is 0. The lowest BCUT2D eigenvalue weighted by Crippen LogP contribution is -2.39. The molecule has 0 spiro atoms. The molecule has 0 radical (unpaired) electrons. The molecule has 1 aliphatic carbocycles. The van der Waals surface area contributed by atoms with Crippen molar-refractivity contribution < 1.29 is 9.18 Å². The van der Waals surface area contributed by atoms with Gasteiger partial charge in [-0.3, -0.25) is 9.69 Å². The van der Waals surface area contributed by atoms with E-state index in [0.29, 0.717) is 12.5 Å². The summed E-state index contributed by atoms with van der Waals surface area (Å²) in [4.78, 5) is 14.8. The van der Waals surface area contributed by atoms with Crippen LogP contribution >= 0.6 is 0 Å². The number of nitrogens with zero attached hydrogens (tertiary/aromatic N) is 2. The van der Waals surface area contributed by atoms with Crippen molar-refractivity contribution in [3.05, 3.63) is 71.5 Å². The Morgan fingerprint density at radius 2 is 1.63 bits per heavy atom. The van der Waals surface area contributed by atoms with E-state index in [-0.39, 0.29) is 17.6 Å². The second kappa shape index (κ2) is 9.98. The average Bonchev–Trinajstić information content (AvgIpc) is 2.80. The Balaban J connectivity index is 1.20. The maximum atomic E-state index is 13.8. The van der Waals surface area contributed by atoms with Gasteiger partial charge in [0.15, 0.2) is 0 Å². The predicted molar refractivity (Wildman–Crippen MR) is 118 cm³/mol. The third-order valence-corrected chi connectivity index (χ3v) is 6.47. The summed E-state index contributed by atoms with van der Waals surface area (Å²) >= 11 is 0. The first kappa shape index (κ1) is 20.7. The highest BCUT2D eigenvalue weighted by Gasteiger charge is 2.26. The minimum Gasteiger partial charge on any atom is -0.299 e. The lowest BCUT2D eigenvalue weighted by Gasteiger charge is -2.31. The van der Waals surface area contributed by atoms with Crippen LogP contribution in [0.15, 0.2) is 59.7 Å². The van der Waals surface area contributed by atoms with Crippen molar-refractivity contribution >= 4 is 11.6 Å². The third-order valence-electron chi connectivity index (χ3n) is 6.47. The smallest absolute Gasteiger partial charge is 0.243 e. The second-order valence-corrected chi connectivity index (χ2v) is 8.48. The second-order valence-electron chi connectivity index (χ2n) is 8.48. The van der Waals surface area contributed by atoms with E-state index >= 15 is 0 Å². The van der Waals surface area contributed by atoms with Crippen molar-refractivity contribution in [3.8, 4) is 0 Å². The summed E-state index contributed by atoms with van der Waals surface area (Å²) in [5, 5.41) is 4.44. The van der Waals surface area contributed by atoms with E-state index in [1.165, 1.54) is 11.6 Å². The first-order chi connectivity index (χ1) is 14.7. The molecule has 0 unspecified atom stereocenters. The van der Waals surface area contributed by atoms with Crippen LogP contribution in [0.4, 0.5) is 4.39 Å². The first-order valence-corrected chi connectivity index (χ1v) is 11.0. The van der Waals surface area contributed by atoms with Crippen molar-refractivity contribution in [1.29, 1.82) is 0 Å². The molecule has 4 rings (SSSR count). The van der Waals surface area contributed by atoms with Gasteiger partial charge in [-0.25, -0.2) is 9.82 Å². The van der Waals surface area contributed by atoms with E-state index < -0.39 is 0 Å². The van der Waals surface area contributed by atoms with Crippen LogP contribution in [0.2, 0.25) is 0 Å². The molecule has 1 N–H and O–H groups in total. The molecule has 2 aliphatic rings. The zero-order valence-electron chi connectivity index (χ0n) is 17.4. The van der Waals surface area contributed by atoms with Gasteiger partial charge in [0, 0.05) is 23.7 Å². The van der Waals surface area contributed by atoms with Gasteiger partial charge < -0.3 is 0 Å². The number of hydrogen-bond donors (Lipinski definition) is 1. The fourth-order valence-electron chi connectivity index (χ4n) is 4.57. The van der Waals surface area contributed by atoms with Gasteiger partial charge in [0.2, 0.25) is 5.91 Å². The number of hydrazone groups is 1. The zero-order valence-corrected chi connectivity index (χ0v) is 17.4. The van der Waals surface area contributed by atoms with Crippen molar-refractivity contribution in [2.24, 2.45) is 11.0 Å². The van der Waals surface area contributed by atoms with Crippen molar-refractivity contribution in [2.45, 2.75) is 51.0 Å². The summed E-state index contributed by atoms with van der Waals surface area (Å²) in [5.74, 6) is 0.458. The number of piperidine rings is 1. The molecule has 1 heterocycles. The Kier molecular flexibility index (Phi) is 6.90. The maximum absolute atomic E-state index is 13.8. The summed E-state index contributed by atoms with van der Waals surface area (Å²) in [5.41, 5.74) is 6.05. The molecule has 2 aromatic rings. The maximum Gasteiger partial charge on any atom is 0.243 e. The van der Waals surface area contributed by atoms with Crippen LogP contribution in [0.3, 0.4) is 0 Å². The van der Waals surface area contributed by atoms with Crippen LogP contribution in [0, 0.1) is 11.7 Å². The highest BCUT2D eigenvalue weighted by atomic mass is 19.1. The molecule has 0 atom stereocenters. The molecule has 30 heavy (non-hydrogen) atoms. The lowest BCUT2D eigenvalue weighted by molar-refractivity contribution is -0.126. The van der Waals surface area contributed by atoms with Gasteiger partial charge in [-0.1, -0.05) is 48.5 Å². The fraction of sp³-hybridized carbons (Fsp3) is 0.440. The van der Waals surface area contributed by atoms with E-state index in [4.69, 9.17) is 0 Å². The predicted octanol–water partition coefficient (Wildman–Crippen LogP) is 4.87. The average molecular weight is 408 g/mol. The van der Waals surface area contributed by atoms with Gasteiger partial charge in [0.25, 0.3) is 0 Å². The Morgan fingerprint density at radius 1 is 0.967 bits per heavy atom. The number of halogens is 1. The molecule has 1 aliphatic heterocycles. The quantitative estimate of drug-likeness (QED) is 0.719. The number of benzene rings is 2. The molecule has 0 bridgehead atoms. The van der Waals surface area contributed by atoms with Crippen LogP contribution in [0.5, 0.6) is 0 Å². The Morgan fingerprint density at radius 3 is 2.33 bits per heavy atom. The van der Waals surface area contributed by atoms with Crippen LogP contribution in [-0.4, -0.2) is 29.6 Å². The summed E-state index contributed by atoms with van der Waals surface area (Å²) in [6.45, 7) is 2.22. The third kappa shape index (κ3) is 5.33. The van der Waals surface area contributed by atoms with E-state index in [9.17, 15) is 9.18 Å². The topological polar surface area (TPSA) is 44.7 Å². The number of hydrogen-bond acceptors (Lipinski definition) is 3. The van der Waals surface area contributed by atoms with Gasteiger partial charge in [-0.2, -0.15) is 5.10 Å². The monoisotopic (exact) mass is 407 g/mol. The summed E-state index contributed by atoms with van der Waals surface area (Å²) in [6, 6.07) is 17.6. The normalized spacial score (nSPS) is 20.7. The lowest BCUT2D eigenvalue weighted by atomic mass is 9.83.